The monoisotopic (exact) mass is 118 g/mol. The molecule has 0 saturated carbocycles. The van der Waals surface area contributed by atoms with E-state index in [1.54, 1.807) is 12.5 Å². The molecular formula is C8H6O. The number of hydrogen-bond acceptors (Lipinski definition) is 1. The fourth-order valence-electron chi connectivity index (χ4n) is 0.932. The summed E-state index contributed by atoms with van der Waals surface area (Å²) in [5.41, 5.74) is 2.40. The van der Waals surface area contributed by atoms with Crippen LogP contribution in [-0.2, 0) is 0 Å². The predicted octanol–water partition coefficient (Wildman–Crippen LogP) is 2.38. The zero-order valence-corrected chi connectivity index (χ0v) is 4.87. The standard InChI is InChI=1S/C8H6O/c1-2-7-4-5-9-6-8(7)3-1/h1-6H. The highest BCUT2D eigenvalue weighted by Gasteiger charge is 1.97. The molecule has 0 amide bonds. The molecule has 0 aromatic heterocycles. The van der Waals surface area contributed by atoms with Gasteiger partial charge < -0.3 is 4.42 Å². The van der Waals surface area contributed by atoms with Crippen molar-refractivity contribution in [2.45, 2.75) is 0 Å². The minimum atomic E-state index is 1.16. The third-order valence-corrected chi connectivity index (χ3v) is 1.41. The van der Waals surface area contributed by atoms with Gasteiger partial charge in [0.1, 0.15) is 0 Å². The molecule has 0 unspecified atom stereocenters. The van der Waals surface area contributed by atoms with Gasteiger partial charge in [0.2, 0.25) is 0 Å². The topological polar surface area (TPSA) is 13.1 Å². The maximum atomic E-state index is 4.95. The highest BCUT2D eigenvalue weighted by molar-refractivity contribution is 5.64. The second-order valence-electron chi connectivity index (χ2n) is 1.99. The highest BCUT2D eigenvalue weighted by atomic mass is 16.3. The van der Waals surface area contributed by atoms with E-state index in [2.05, 4.69) is 6.07 Å². The van der Waals surface area contributed by atoms with Gasteiger partial charge in [-0.2, -0.15) is 0 Å². The van der Waals surface area contributed by atoms with Crippen molar-refractivity contribution < 1.29 is 4.42 Å². The molecule has 0 radical (unpaired) electrons. The first kappa shape index (κ1) is 4.62. The Bertz CT molecular complexity index is 245. The van der Waals surface area contributed by atoms with Crippen molar-refractivity contribution in [1.82, 2.24) is 0 Å². The molecule has 0 bridgehead atoms. The predicted molar refractivity (Wildman–Crippen MR) is 35.3 cm³/mol. The zero-order valence-electron chi connectivity index (χ0n) is 4.87. The molecule has 0 atom stereocenters. The molecule has 1 heteroatoms. The Morgan fingerprint density at radius 3 is 2.78 bits per heavy atom. The average Bonchev–Trinajstić information content (AvgIpc) is 2.33. The van der Waals surface area contributed by atoms with Gasteiger partial charge in [0.25, 0.3) is 0 Å². The SMILES string of the molecule is c1cc2ccocc-2c1. The number of fused-ring (bicyclic) bond motifs is 1. The van der Waals surface area contributed by atoms with Gasteiger partial charge in [-0.1, -0.05) is 18.2 Å². The third kappa shape index (κ3) is 0.617. The van der Waals surface area contributed by atoms with E-state index in [9.17, 15) is 0 Å². The second-order valence-corrected chi connectivity index (χ2v) is 1.99. The summed E-state index contributed by atoms with van der Waals surface area (Å²) in [4.78, 5) is 0. The van der Waals surface area contributed by atoms with Gasteiger partial charge in [0.15, 0.2) is 0 Å². The second kappa shape index (κ2) is 1.62. The van der Waals surface area contributed by atoms with Crippen molar-refractivity contribution in [1.29, 1.82) is 0 Å². The summed E-state index contributed by atoms with van der Waals surface area (Å²) in [5, 5.41) is 0. The van der Waals surface area contributed by atoms with Crippen LogP contribution in [0.15, 0.2) is 41.2 Å². The summed E-state index contributed by atoms with van der Waals surface area (Å²) < 4.78 is 4.95. The molecule has 0 aromatic rings. The summed E-state index contributed by atoms with van der Waals surface area (Å²) in [6.45, 7) is 0. The smallest absolute Gasteiger partial charge is 0.0979 e. The normalized spacial score (nSPS) is 10.2. The third-order valence-electron chi connectivity index (χ3n) is 1.41. The summed E-state index contributed by atoms with van der Waals surface area (Å²) in [6, 6.07) is 8.05. The van der Waals surface area contributed by atoms with Gasteiger partial charge in [-0.15, -0.1) is 0 Å². The van der Waals surface area contributed by atoms with E-state index < -0.39 is 0 Å². The molecule has 0 N–H and O–H groups in total. The van der Waals surface area contributed by atoms with Crippen LogP contribution < -0.4 is 0 Å². The lowest BCUT2D eigenvalue weighted by molar-refractivity contribution is 0.552. The minimum absolute atomic E-state index is 1.16. The minimum Gasteiger partial charge on any atom is -0.472 e. The van der Waals surface area contributed by atoms with E-state index in [0.717, 1.165) is 5.56 Å². The van der Waals surface area contributed by atoms with Crippen molar-refractivity contribution in [3.8, 4) is 11.1 Å². The quantitative estimate of drug-likeness (QED) is 0.517. The molecular weight excluding hydrogens is 112 g/mol. The lowest BCUT2D eigenvalue weighted by atomic mass is 10.2. The lowest BCUT2D eigenvalue weighted by Crippen LogP contribution is -1.67. The van der Waals surface area contributed by atoms with E-state index >= 15 is 0 Å². The van der Waals surface area contributed by atoms with Gasteiger partial charge in [0, 0.05) is 5.56 Å². The van der Waals surface area contributed by atoms with E-state index in [0.29, 0.717) is 0 Å². The van der Waals surface area contributed by atoms with Crippen LogP contribution in [0.3, 0.4) is 0 Å². The maximum Gasteiger partial charge on any atom is 0.0979 e. The maximum absolute atomic E-state index is 4.95. The molecule has 2 rings (SSSR count). The first-order valence-corrected chi connectivity index (χ1v) is 2.88. The van der Waals surface area contributed by atoms with E-state index in [4.69, 9.17) is 4.42 Å². The van der Waals surface area contributed by atoms with Crippen molar-refractivity contribution >= 4 is 0 Å². The molecule has 1 heterocycles. The van der Waals surface area contributed by atoms with Crippen LogP contribution in [0.1, 0.15) is 0 Å². The van der Waals surface area contributed by atoms with E-state index in [1.807, 2.05) is 18.2 Å². The van der Waals surface area contributed by atoms with Crippen LogP contribution in [-0.4, -0.2) is 0 Å². The number of rotatable bonds is 0. The molecule has 0 saturated heterocycles. The molecule has 2 aliphatic rings. The van der Waals surface area contributed by atoms with E-state index in [1.165, 1.54) is 5.56 Å². The molecule has 44 valence electrons. The largest absolute Gasteiger partial charge is 0.472 e. The van der Waals surface area contributed by atoms with Gasteiger partial charge in [-0.3, -0.25) is 0 Å². The summed E-state index contributed by atoms with van der Waals surface area (Å²) in [7, 11) is 0. The molecule has 1 aliphatic heterocycles. The molecule has 9 heavy (non-hydrogen) atoms. The highest BCUT2D eigenvalue weighted by Crippen LogP contribution is 2.20. The molecule has 0 fully saturated rings. The average molecular weight is 118 g/mol. The van der Waals surface area contributed by atoms with Crippen LogP contribution >= 0.6 is 0 Å². The number of hydrogen-bond donors (Lipinski definition) is 0. The Morgan fingerprint density at radius 1 is 1.00 bits per heavy atom. The van der Waals surface area contributed by atoms with Gasteiger partial charge >= 0.3 is 0 Å². The van der Waals surface area contributed by atoms with Gasteiger partial charge in [-0.05, 0) is 11.6 Å². The van der Waals surface area contributed by atoms with Crippen molar-refractivity contribution in [3.63, 3.8) is 0 Å². The Balaban J connectivity index is 2.79. The van der Waals surface area contributed by atoms with Crippen LogP contribution in [0, 0.1) is 0 Å². The van der Waals surface area contributed by atoms with Crippen LogP contribution in [0.25, 0.3) is 11.1 Å². The van der Waals surface area contributed by atoms with Crippen molar-refractivity contribution in [2.24, 2.45) is 0 Å². The summed E-state index contributed by atoms with van der Waals surface area (Å²) in [5.74, 6) is 0. The molecule has 0 spiro atoms. The van der Waals surface area contributed by atoms with Crippen LogP contribution in [0.4, 0.5) is 0 Å². The summed E-state index contributed by atoms with van der Waals surface area (Å²) >= 11 is 0. The molecule has 1 nitrogen and oxygen atoms in total. The van der Waals surface area contributed by atoms with Crippen LogP contribution in [0.5, 0.6) is 0 Å². The van der Waals surface area contributed by atoms with E-state index in [-0.39, 0.29) is 0 Å². The molecule has 1 aliphatic carbocycles. The van der Waals surface area contributed by atoms with Gasteiger partial charge in [0.05, 0.1) is 12.5 Å². The first-order valence-electron chi connectivity index (χ1n) is 2.88. The lowest BCUT2D eigenvalue weighted by Gasteiger charge is -1.91. The Labute approximate surface area is 53.3 Å². The zero-order chi connectivity index (χ0) is 6.10. The van der Waals surface area contributed by atoms with Crippen LogP contribution in [0.2, 0.25) is 0 Å². The Morgan fingerprint density at radius 2 is 1.89 bits per heavy atom. The molecule has 0 aromatic carbocycles. The van der Waals surface area contributed by atoms with Gasteiger partial charge in [-0.25, -0.2) is 0 Å². The summed E-state index contributed by atoms with van der Waals surface area (Å²) in [6.07, 6.45) is 3.43. The fraction of sp³-hybridized carbons (Fsp3) is 0. The first-order chi connectivity index (χ1) is 4.47. The Hall–Kier alpha value is -1.24. The Kier molecular flexibility index (Phi) is 0.833. The van der Waals surface area contributed by atoms with Crippen molar-refractivity contribution in [2.75, 3.05) is 0 Å². The van der Waals surface area contributed by atoms with Crippen molar-refractivity contribution in [3.05, 3.63) is 36.8 Å². The fourth-order valence-corrected chi connectivity index (χ4v) is 0.932.